The van der Waals surface area contributed by atoms with Crippen molar-refractivity contribution in [1.29, 1.82) is 5.26 Å². The summed E-state index contributed by atoms with van der Waals surface area (Å²) in [4.78, 5) is 22.5. The van der Waals surface area contributed by atoms with E-state index in [0.717, 1.165) is 12.1 Å². The van der Waals surface area contributed by atoms with Crippen LogP contribution >= 0.6 is 0 Å². The van der Waals surface area contributed by atoms with E-state index in [-0.39, 0.29) is 23.7 Å². The molecule has 0 aromatic heterocycles. The van der Waals surface area contributed by atoms with Gasteiger partial charge in [0.15, 0.2) is 11.5 Å². The minimum absolute atomic E-state index is 0.0238. The van der Waals surface area contributed by atoms with Crippen LogP contribution in [0.15, 0.2) is 77.2 Å². The summed E-state index contributed by atoms with van der Waals surface area (Å²) in [5.41, 5.74) is 0.158. The summed E-state index contributed by atoms with van der Waals surface area (Å²) in [6, 6.07) is 17.0. The molecule has 0 unspecified atom stereocenters. The molecule has 3 aromatic carbocycles. The Morgan fingerprint density at radius 2 is 1.86 bits per heavy atom. The maximum atomic E-state index is 12.7. The van der Waals surface area contributed by atoms with Crippen LogP contribution in [-0.4, -0.2) is 33.0 Å². The first kappa shape index (κ1) is 26.7. The highest BCUT2D eigenvalue weighted by atomic mass is 32.2. The van der Waals surface area contributed by atoms with Crippen molar-refractivity contribution in [2.75, 3.05) is 19.0 Å². The summed E-state index contributed by atoms with van der Waals surface area (Å²) in [7, 11) is -2.95. The standard InChI is InChI=1S/C25H21N3O8S/c1-3-35-24-13-17(12-18(16-26)25(29)27-19-6-4-8-21(14-19)34-2)10-11-23(24)36-37(32,33)22-9-5-7-20(15-22)28(30)31/h4-15H,3H2,1-2H3,(H,27,29)/b18-12+. The van der Waals surface area contributed by atoms with Gasteiger partial charge in [0.2, 0.25) is 0 Å². The number of nitrogens with zero attached hydrogens (tertiary/aromatic N) is 2. The first-order chi connectivity index (χ1) is 17.7. The van der Waals surface area contributed by atoms with Gasteiger partial charge in [0.1, 0.15) is 22.3 Å². The lowest BCUT2D eigenvalue weighted by atomic mass is 10.1. The number of hydrogen-bond donors (Lipinski definition) is 1. The van der Waals surface area contributed by atoms with Crippen molar-refractivity contribution >= 4 is 33.5 Å². The molecule has 0 heterocycles. The number of nitrogens with one attached hydrogen (secondary N) is 1. The second-order valence-corrected chi connectivity index (χ2v) is 8.83. The number of amides is 1. The molecule has 0 fully saturated rings. The Bertz CT molecular complexity index is 1510. The number of methoxy groups -OCH3 is 1. The lowest BCUT2D eigenvalue weighted by Gasteiger charge is -2.13. The third-order valence-corrected chi connectivity index (χ3v) is 6.02. The van der Waals surface area contributed by atoms with Crippen molar-refractivity contribution in [2.45, 2.75) is 11.8 Å². The van der Waals surface area contributed by atoms with Gasteiger partial charge in [-0.2, -0.15) is 13.7 Å². The molecule has 0 saturated heterocycles. The number of benzene rings is 3. The lowest BCUT2D eigenvalue weighted by molar-refractivity contribution is -0.385. The Morgan fingerprint density at radius 3 is 2.54 bits per heavy atom. The predicted octanol–water partition coefficient (Wildman–Crippen LogP) is 4.32. The van der Waals surface area contributed by atoms with Gasteiger partial charge < -0.3 is 19.0 Å². The van der Waals surface area contributed by atoms with Crippen LogP contribution in [0.4, 0.5) is 11.4 Å². The number of rotatable bonds is 10. The molecule has 3 aromatic rings. The Labute approximate surface area is 212 Å². The van der Waals surface area contributed by atoms with Crippen molar-refractivity contribution in [3.63, 3.8) is 0 Å². The van der Waals surface area contributed by atoms with Crippen molar-refractivity contribution in [3.8, 4) is 23.3 Å². The summed E-state index contributed by atoms with van der Waals surface area (Å²) in [5, 5.41) is 23.1. The van der Waals surface area contributed by atoms with Gasteiger partial charge in [-0.05, 0) is 48.9 Å². The quantitative estimate of drug-likeness (QED) is 0.134. The van der Waals surface area contributed by atoms with E-state index in [0.29, 0.717) is 17.0 Å². The molecule has 0 bridgehead atoms. The largest absolute Gasteiger partial charge is 0.497 e. The summed E-state index contributed by atoms with van der Waals surface area (Å²) >= 11 is 0. The number of nitriles is 1. The minimum atomic E-state index is -4.43. The van der Waals surface area contributed by atoms with E-state index in [2.05, 4.69) is 5.32 Å². The van der Waals surface area contributed by atoms with Gasteiger partial charge in [-0.15, -0.1) is 0 Å². The van der Waals surface area contributed by atoms with Gasteiger partial charge in [-0.25, -0.2) is 0 Å². The molecule has 0 radical (unpaired) electrons. The number of ether oxygens (including phenoxy) is 2. The van der Waals surface area contributed by atoms with Crippen LogP contribution in [0.5, 0.6) is 17.2 Å². The topological polar surface area (TPSA) is 158 Å². The van der Waals surface area contributed by atoms with Crippen LogP contribution in [0.1, 0.15) is 12.5 Å². The fourth-order valence-electron chi connectivity index (χ4n) is 3.08. The maximum absolute atomic E-state index is 12.7. The van der Waals surface area contributed by atoms with Crippen LogP contribution in [0.25, 0.3) is 6.08 Å². The third kappa shape index (κ3) is 6.83. The molecule has 0 saturated carbocycles. The summed E-state index contributed by atoms with van der Waals surface area (Å²) < 4.78 is 41.3. The molecule has 0 atom stereocenters. The highest BCUT2D eigenvalue weighted by molar-refractivity contribution is 7.87. The fourth-order valence-corrected chi connectivity index (χ4v) is 4.07. The Balaban J connectivity index is 1.88. The fraction of sp³-hybridized carbons (Fsp3) is 0.120. The zero-order valence-electron chi connectivity index (χ0n) is 19.7. The van der Waals surface area contributed by atoms with Crippen molar-refractivity contribution in [3.05, 3.63) is 88.0 Å². The van der Waals surface area contributed by atoms with E-state index in [9.17, 15) is 28.6 Å². The highest BCUT2D eigenvalue weighted by Crippen LogP contribution is 2.32. The molecule has 0 spiro atoms. The van der Waals surface area contributed by atoms with Crippen LogP contribution in [0.3, 0.4) is 0 Å². The maximum Gasteiger partial charge on any atom is 0.339 e. The molecular weight excluding hydrogens is 502 g/mol. The number of hydrogen-bond acceptors (Lipinski definition) is 9. The lowest BCUT2D eigenvalue weighted by Crippen LogP contribution is -2.13. The van der Waals surface area contributed by atoms with Crippen molar-refractivity contribution in [1.82, 2.24) is 0 Å². The molecule has 3 rings (SSSR count). The third-order valence-electron chi connectivity index (χ3n) is 4.79. The number of nitro benzene ring substituents is 1. The monoisotopic (exact) mass is 523 g/mol. The molecule has 11 nitrogen and oxygen atoms in total. The van der Waals surface area contributed by atoms with Crippen LogP contribution in [-0.2, 0) is 14.9 Å². The van der Waals surface area contributed by atoms with E-state index in [4.69, 9.17) is 13.7 Å². The predicted molar refractivity (Wildman–Crippen MR) is 134 cm³/mol. The molecule has 37 heavy (non-hydrogen) atoms. The number of carbonyl (C=O) groups is 1. The van der Waals surface area contributed by atoms with Gasteiger partial charge in [0.05, 0.1) is 18.6 Å². The number of nitro groups is 1. The van der Waals surface area contributed by atoms with E-state index < -0.39 is 31.5 Å². The van der Waals surface area contributed by atoms with E-state index in [1.165, 1.54) is 43.5 Å². The molecule has 1 N–H and O–H groups in total. The summed E-state index contributed by atoms with van der Waals surface area (Å²) in [5.74, 6) is -0.292. The van der Waals surface area contributed by atoms with Crippen molar-refractivity contribution < 1.29 is 31.8 Å². The van der Waals surface area contributed by atoms with Gasteiger partial charge in [0.25, 0.3) is 11.6 Å². The average Bonchev–Trinajstić information content (AvgIpc) is 2.88. The zero-order valence-corrected chi connectivity index (χ0v) is 20.5. The SMILES string of the molecule is CCOc1cc(/C=C(\C#N)C(=O)Nc2cccc(OC)c2)ccc1OS(=O)(=O)c1cccc([N+](=O)[O-])c1. The Hall–Kier alpha value is -4.89. The highest BCUT2D eigenvalue weighted by Gasteiger charge is 2.22. The normalized spacial score (nSPS) is 11.2. The van der Waals surface area contributed by atoms with Crippen LogP contribution in [0.2, 0.25) is 0 Å². The van der Waals surface area contributed by atoms with E-state index in [1.54, 1.807) is 31.2 Å². The number of carbonyl (C=O) groups excluding carboxylic acids is 1. The average molecular weight is 524 g/mol. The van der Waals surface area contributed by atoms with Crippen LogP contribution < -0.4 is 19.0 Å². The summed E-state index contributed by atoms with van der Waals surface area (Å²) in [6.07, 6.45) is 1.30. The van der Waals surface area contributed by atoms with Crippen molar-refractivity contribution in [2.24, 2.45) is 0 Å². The van der Waals surface area contributed by atoms with Crippen LogP contribution in [0, 0.1) is 21.4 Å². The van der Waals surface area contributed by atoms with Gasteiger partial charge in [-0.3, -0.25) is 14.9 Å². The molecular formula is C25H21N3O8S. The van der Waals surface area contributed by atoms with Gasteiger partial charge in [-0.1, -0.05) is 18.2 Å². The molecule has 12 heteroatoms. The van der Waals surface area contributed by atoms with Gasteiger partial charge >= 0.3 is 10.1 Å². The first-order valence-electron chi connectivity index (χ1n) is 10.7. The molecule has 190 valence electrons. The second kappa shape index (κ2) is 11.7. The smallest absolute Gasteiger partial charge is 0.339 e. The second-order valence-electron chi connectivity index (χ2n) is 7.29. The Kier molecular flexibility index (Phi) is 8.44. The zero-order chi connectivity index (χ0) is 27.0. The van der Waals surface area contributed by atoms with E-state index >= 15 is 0 Å². The summed E-state index contributed by atoms with van der Waals surface area (Å²) in [6.45, 7) is 1.82. The molecule has 0 aliphatic heterocycles. The van der Waals surface area contributed by atoms with Gasteiger partial charge in [0, 0.05) is 23.9 Å². The molecule has 1 amide bonds. The molecule has 0 aliphatic rings. The number of non-ortho nitro benzene ring substituents is 1. The van der Waals surface area contributed by atoms with E-state index in [1.807, 2.05) is 6.07 Å². The minimum Gasteiger partial charge on any atom is -0.497 e. The first-order valence-corrected chi connectivity index (χ1v) is 12.1. The Morgan fingerprint density at radius 1 is 1.11 bits per heavy atom. The molecule has 0 aliphatic carbocycles. The number of anilines is 1.